The molecule has 0 radical (unpaired) electrons. The van der Waals surface area contributed by atoms with Crippen LogP contribution in [-0.2, 0) is 0 Å². The maximum atomic E-state index is 13.6. The molecule has 1 amide bonds. The minimum Gasteiger partial charge on any atom is -0.349 e. The number of thioether (sulfide) groups is 1. The zero-order chi connectivity index (χ0) is 25.7. The highest BCUT2D eigenvalue weighted by Crippen LogP contribution is 2.38. The number of alkyl halides is 6. The normalized spacial score (nSPS) is 14.3. The second-order valence-corrected chi connectivity index (χ2v) is 9.56. The van der Waals surface area contributed by atoms with Gasteiger partial charge in [0.05, 0.1) is 11.7 Å². The summed E-state index contributed by atoms with van der Waals surface area (Å²) in [5.41, 5.74) is 1.11. The molecule has 186 valence electrons. The zero-order valence-electron chi connectivity index (χ0n) is 18.0. The molecule has 2 aromatic carbocycles. The monoisotopic (exact) mass is 543 g/mol. The Bertz CT molecular complexity index is 1020. The summed E-state index contributed by atoms with van der Waals surface area (Å²) >= 11 is 12.4. The number of nitrogens with one attached hydrogen (secondary N) is 1. The molecule has 0 fully saturated rings. The van der Waals surface area contributed by atoms with Gasteiger partial charge in [0.2, 0.25) is 0 Å². The minimum atomic E-state index is -4.58. The topological polar surface area (TPSA) is 29.1 Å². The Morgan fingerprint density at radius 2 is 1.68 bits per heavy atom. The molecule has 0 saturated carbocycles. The van der Waals surface area contributed by atoms with Crippen LogP contribution in [0.5, 0.6) is 0 Å². The second-order valence-electron chi connectivity index (χ2n) is 7.66. The van der Waals surface area contributed by atoms with Gasteiger partial charge < -0.3 is 5.32 Å². The Kier molecular flexibility index (Phi) is 9.80. The van der Waals surface area contributed by atoms with Crippen molar-refractivity contribution in [1.82, 2.24) is 5.32 Å². The first-order valence-corrected chi connectivity index (χ1v) is 11.8. The Balaban J connectivity index is 2.13. The fourth-order valence-corrected chi connectivity index (χ4v) is 4.44. The first-order valence-electron chi connectivity index (χ1n) is 9.92. The number of benzene rings is 2. The third-order valence-corrected chi connectivity index (χ3v) is 6.29. The largest absolute Gasteiger partial charge is 0.399 e. The first kappa shape index (κ1) is 28.4. The quantitative estimate of drug-likeness (QED) is 0.341. The van der Waals surface area contributed by atoms with Gasteiger partial charge in [0.15, 0.2) is 0 Å². The number of aryl methyl sites for hydroxylation is 1. The highest BCUT2D eigenvalue weighted by atomic mass is 35.5. The molecule has 2 rings (SSSR count). The fourth-order valence-electron chi connectivity index (χ4n) is 3.11. The number of hydrogen-bond donors (Lipinski definition) is 1. The Labute approximate surface area is 207 Å². The summed E-state index contributed by atoms with van der Waals surface area (Å²) in [7, 11) is 0. The zero-order valence-corrected chi connectivity index (χ0v) is 20.4. The molecule has 0 bridgehead atoms. The lowest BCUT2D eigenvalue weighted by Gasteiger charge is -2.18. The van der Waals surface area contributed by atoms with Crippen molar-refractivity contribution in [3.8, 4) is 0 Å². The van der Waals surface area contributed by atoms with E-state index in [9.17, 15) is 31.1 Å². The number of halogens is 8. The molecule has 1 unspecified atom stereocenters. The van der Waals surface area contributed by atoms with E-state index >= 15 is 0 Å². The van der Waals surface area contributed by atoms with Crippen molar-refractivity contribution < 1.29 is 31.1 Å². The van der Waals surface area contributed by atoms with Crippen molar-refractivity contribution in [2.75, 3.05) is 11.5 Å². The van der Waals surface area contributed by atoms with E-state index in [2.05, 4.69) is 5.32 Å². The van der Waals surface area contributed by atoms with Crippen LogP contribution in [-0.4, -0.2) is 35.8 Å². The van der Waals surface area contributed by atoms with Gasteiger partial charge in [0.1, 0.15) is 0 Å². The summed E-state index contributed by atoms with van der Waals surface area (Å²) in [6, 6.07) is 7.72. The Morgan fingerprint density at radius 1 is 1.06 bits per heavy atom. The van der Waals surface area contributed by atoms with Gasteiger partial charge in [-0.15, -0.1) is 0 Å². The van der Waals surface area contributed by atoms with E-state index in [0.29, 0.717) is 22.9 Å². The summed E-state index contributed by atoms with van der Waals surface area (Å²) < 4.78 is 77.7. The van der Waals surface area contributed by atoms with E-state index < -0.39 is 36.0 Å². The van der Waals surface area contributed by atoms with Crippen LogP contribution in [0.1, 0.15) is 39.9 Å². The molecule has 0 aliphatic carbocycles. The fraction of sp³-hybridized carbons (Fsp3) is 0.348. The molecule has 11 heteroatoms. The summed E-state index contributed by atoms with van der Waals surface area (Å²) in [5, 5.41) is 2.80. The molecule has 1 N–H and O–H groups in total. The van der Waals surface area contributed by atoms with Crippen molar-refractivity contribution in [2.24, 2.45) is 0 Å². The van der Waals surface area contributed by atoms with Gasteiger partial charge in [0, 0.05) is 27.4 Å². The SMILES string of the molecule is Cc1cc(/C=C/C(c2cc(Cl)cc(Cl)c2)C(F)(F)F)ccc1C(=O)N[C@H](C)CSCC(F)(F)F. The van der Waals surface area contributed by atoms with E-state index in [4.69, 9.17) is 23.2 Å². The predicted molar refractivity (Wildman–Crippen MR) is 126 cm³/mol. The smallest absolute Gasteiger partial charge is 0.349 e. The molecular formula is C23H21Cl2F6NOS. The average Bonchev–Trinajstić information content (AvgIpc) is 2.65. The molecule has 34 heavy (non-hydrogen) atoms. The van der Waals surface area contributed by atoms with Gasteiger partial charge in [-0.1, -0.05) is 47.5 Å². The van der Waals surface area contributed by atoms with Crippen molar-refractivity contribution in [3.05, 3.63) is 74.8 Å². The van der Waals surface area contributed by atoms with Crippen molar-refractivity contribution >= 4 is 46.9 Å². The van der Waals surface area contributed by atoms with Crippen molar-refractivity contribution in [1.29, 1.82) is 0 Å². The molecule has 0 heterocycles. The standard InChI is InChI=1S/C23H21Cl2F6NOS/c1-13-7-15(3-5-19(13)21(33)32-14(2)11-34-12-22(26,27)28)4-6-20(23(29,30)31)16-8-17(24)10-18(25)9-16/h3-10,14,20H,11-12H2,1-2H3,(H,32,33)/b6-4+/t14-,20?/m1/s1. The van der Waals surface area contributed by atoms with Gasteiger partial charge in [-0.05, 0) is 54.8 Å². The highest BCUT2D eigenvalue weighted by Gasteiger charge is 2.39. The second kappa shape index (κ2) is 11.7. The van der Waals surface area contributed by atoms with Crippen LogP contribution >= 0.6 is 35.0 Å². The van der Waals surface area contributed by atoms with Crippen LogP contribution in [0, 0.1) is 6.92 Å². The summed E-state index contributed by atoms with van der Waals surface area (Å²) in [6.07, 6.45) is -6.59. The lowest BCUT2D eigenvalue weighted by molar-refractivity contribution is -0.139. The third-order valence-electron chi connectivity index (χ3n) is 4.58. The lowest BCUT2D eigenvalue weighted by Crippen LogP contribution is -2.35. The lowest BCUT2D eigenvalue weighted by atomic mass is 9.96. The van der Waals surface area contributed by atoms with Gasteiger partial charge in [-0.25, -0.2) is 0 Å². The minimum absolute atomic E-state index is 0.0808. The molecule has 0 aliphatic rings. The maximum Gasteiger partial charge on any atom is 0.399 e. The van der Waals surface area contributed by atoms with E-state index in [1.165, 1.54) is 36.4 Å². The van der Waals surface area contributed by atoms with Crippen LogP contribution in [0.25, 0.3) is 6.08 Å². The van der Waals surface area contributed by atoms with E-state index in [1.807, 2.05) is 0 Å². The van der Waals surface area contributed by atoms with Crippen LogP contribution < -0.4 is 5.32 Å². The first-order chi connectivity index (χ1) is 15.7. The average molecular weight is 544 g/mol. The number of allylic oxidation sites excluding steroid dienone is 1. The van der Waals surface area contributed by atoms with E-state index in [1.54, 1.807) is 19.9 Å². The summed E-state index contributed by atoms with van der Waals surface area (Å²) in [4.78, 5) is 12.5. The Hall–Kier alpha value is -1.84. The maximum absolute atomic E-state index is 13.6. The molecule has 2 atom stereocenters. The van der Waals surface area contributed by atoms with Gasteiger partial charge in [-0.2, -0.15) is 38.1 Å². The number of carbonyl (C=O) groups excluding carboxylic acids is 1. The molecular weight excluding hydrogens is 523 g/mol. The number of hydrogen-bond acceptors (Lipinski definition) is 2. The van der Waals surface area contributed by atoms with Gasteiger partial charge >= 0.3 is 12.4 Å². The summed E-state index contributed by atoms with van der Waals surface area (Å²) in [5.74, 6) is -3.35. The third kappa shape index (κ3) is 9.07. The molecule has 0 aromatic heterocycles. The molecule has 0 spiro atoms. The van der Waals surface area contributed by atoms with Crippen LogP contribution in [0.4, 0.5) is 26.3 Å². The molecule has 2 nitrogen and oxygen atoms in total. The predicted octanol–water partition coefficient (Wildman–Crippen LogP) is 8.07. The molecule has 0 saturated heterocycles. The number of amides is 1. The van der Waals surface area contributed by atoms with Gasteiger partial charge in [0.25, 0.3) is 5.91 Å². The Morgan fingerprint density at radius 3 is 2.21 bits per heavy atom. The summed E-state index contributed by atoms with van der Waals surface area (Å²) in [6.45, 7) is 3.21. The van der Waals surface area contributed by atoms with Gasteiger partial charge in [-0.3, -0.25) is 4.79 Å². The van der Waals surface area contributed by atoms with E-state index in [0.717, 1.165) is 6.08 Å². The molecule has 0 aliphatic heterocycles. The van der Waals surface area contributed by atoms with Crippen LogP contribution in [0.3, 0.4) is 0 Å². The number of rotatable bonds is 8. The molecule has 2 aromatic rings. The number of carbonyl (C=O) groups is 1. The van der Waals surface area contributed by atoms with Crippen LogP contribution in [0.15, 0.2) is 42.5 Å². The van der Waals surface area contributed by atoms with E-state index in [-0.39, 0.29) is 26.9 Å². The van der Waals surface area contributed by atoms with Crippen LogP contribution in [0.2, 0.25) is 10.0 Å². The van der Waals surface area contributed by atoms with Crippen molar-refractivity contribution in [3.63, 3.8) is 0 Å². The van der Waals surface area contributed by atoms with Crippen molar-refractivity contribution in [2.45, 2.75) is 38.2 Å². The highest BCUT2D eigenvalue weighted by molar-refractivity contribution is 7.99.